The molecule has 0 aliphatic heterocycles. The van der Waals surface area contributed by atoms with Crippen molar-refractivity contribution in [3.8, 4) is 28.3 Å². The molecule has 31 heavy (non-hydrogen) atoms. The molecule has 8 nitrogen and oxygen atoms in total. The molecule has 0 spiro atoms. The third-order valence-corrected chi connectivity index (χ3v) is 4.78. The van der Waals surface area contributed by atoms with Gasteiger partial charge in [0.25, 0.3) is 5.91 Å². The van der Waals surface area contributed by atoms with E-state index in [0.717, 1.165) is 16.8 Å². The van der Waals surface area contributed by atoms with Crippen molar-refractivity contribution < 1.29 is 14.1 Å². The molecule has 8 heteroatoms. The van der Waals surface area contributed by atoms with E-state index in [0.29, 0.717) is 23.0 Å². The van der Waals surface area contributed by atoms with Crippen LogP contribution in [-0.2, 0) is 0 Å². The van der Waals surface area contributed by atoms with Crippen LogP contribution in [0.5, 0.6) is 5.75 Å². The number of aromatic nitrogens is 4. The highest BCUT2D eigenvalue weighted by Gasteiger charge is 2.17. The van der Waals surface area contributed by atoms with Crippen molar-refractivity contribution in [2.24, 2.45) is 0 Å². The maximum absolute atomic E-state index is 12.8. The molecule has 0 radical (unpaired) electrons. The first kappa shape index (κ1) is 18.6. The number of hydrogen-bond acceptors (Lipinski definition) is 6. The summed E-state index contributed by atoms with van der Waals surface area (Å²) in [7, 11) is 1.54. The van der Waals surface area contributed by atoms with E-state index in [4.69, 9.17) is 9.26 Å². The Hall–Kier alpha value is -4.46. The average molecular weight is 411 g/mol. The van der Waals surface area contributed by atoms with Crippen LogP contribution in [0.4, 0.5) is 5.69 Å². The van der Waals surface area contributed by atoms with Gasteiger partial charge in [-0.05, 0) is 24.3 Å². The standard InChI is InChI=1S/C23H17N5O3/c1-30-20-9-8-16(19-14-28-11-5-10-24-23(28)26-19)12-17(20)25-22(29)18-13-21(31-27-18)15-6-3-2-4-7-15/h2-14H,1H3,(H,25,29). The number of benzene rings is 2. The zero-order chi connectivity index (χ0) is 21.2. The number of amides is 1. The van der Waals surface area contributed by atoms with Gasteiger partial charge in [-0.3, -0.25) is 9.20 Å². The van der Waals surface area contributed by atoms with E-state index in [1.54, 1.807) is 31.5 Å². The Bertz CT molecular complexity index is 1340. The lowest BCUT2D eigenvalue weighted by Crippen LogP contribution is -2.13. The third kappa shape index (κ3) is 3.62. The zero-order valence-electron chi connectivity index (χ0n) is 16.5. The van der Waals surface area contributed by atoms with Crippen molar-refractivity contribution in [3.63, 3.8) is 0 Å². The van der Waals surface area contributed by atoms with Crippen LogP contribution in [0.2, 0.25) is 0 Å². The number of hydrogen-bond donors (Lipinski definition) is 1. The summed E-state index contributed by atoms with van der Waals surface area (Å²) in [5.74, 6) is 1.22. The molecule has 1 N–H and O–H groups in total. The number of carbonyl (C=O) groups is 1. The highest BCUT2D eigenvalue weighted by molar-refractivity contribution is 6.04. The van der Waals surface area contributed by atoms with Gasteiger partial charge >= 0.3 is 0 Å². The first-order valence-corrected chi connectivity index (χ1v) is 9.53. The Labute approximate surface area is 177 Å². The minimum Gasteiger partial charge on any atom is -0.495 e. The largest absolute Gasteiger partial charge is 0.495 e. The zero-order valence-corrected chi connectivity index (χ0v) is 16.5. The Morgan fingerprint density at radius 1 is 1.06 bits per heavy atom. The van der Waals surface area contributed by atoms with Gasteiger partial charge in [0.05, 0.1) is 18.5 Å². The Kier molecular flexibility index (Phi) is 4.64. The number of carbonyl (C=O) groups excluding carboxylic acids is 1. The number of nitrogens with zero attached hydrogens (tertiary/aromatic N) is 4. The summed E-state index contributed by atoms with van der Waals surface area (Å²) in [6.07, 6.45) is 5.44. The van der Waals surface area contributed by atoms with Crippen LogP contribution < -0.4 is 10.1 Å². The molecule has 5 rings (SSSR count). The van der Waals surface area contributed by atoms with E-state index in [1.165, 1.54) is 0 Å². The average Bonchev–Trinajstić information content (AvgIpc) is 3.47. The second-order valence-corrected chi connectivity index (χ2v) is 6.76. The molecular weight excluding hydrogens is 394 g/mol. The highest BCUT2D eigenvalue weighted by atomic mass is 16.5. The maximum atomic E-state index is 12.8. The van der Waals surface area contributed by atoms with Gasteiger partial charge in [-0.1, -0.05) is 35.5 Å². The molecule has 0 saturated heterocycles. The van der Waals surface area contributed by atoms with Crippen molar-refractivity contribution in [2.45, 2.75) is 0 Å². The van der Waals surface area contributed by atoms with Crippen LogP contribution in [0.1, 0.15) is 10.5 Å². The van der Waals surface area contributed by atoms with Gasteiger partial charge in [0.2, 0.25) is 5.78 Å². The summed E-state index contributed by atoms with van der Waals surface area (Å²) >= 11 is 0. The van der Waals surface area contributed by atoms with E-state index in [9.17, 15) is 4.79 Å². The Morgan fingerprint density at radius 3 is 2.74 bits per heavy atom. The summed E-state index contributed by atoms with van der Waals surface area (Å²) in [6, 6.07) is 18.4. The van der Waals surface area contributed by atoms with E-state index in [-0.39, 0.29) is 5.69 Å². The van der Waals surface area contributed by atoms with Crippen molar-refractivity contribution in [1.82, 2.24) is 19.5 Å². The molecule has 5 aromatic rings. The molecule has 0 unspecified atom stereocenters. The van der Waals surface area contributed by atoms with Crippen LogP contribution in [-0.4, -0.2) is 32.5 Å². The molecule has 152 valence electrons. The highest BCUT2D eigenvalue weighted by Crippen LogP contribution is 2.31. The molecule has 0 atom stereocenters. The van der Waals surface area contributed by atoms with Gasteiger partial charge in [0, 0.05) is 35.8 Å². The molecule has 1 amide bonds. The van der Waals surface area contributed by atoms with Crippen molar-refractivity contribution in [1.29, 1.82) is 0 Å². The first-order valence-electron chi connectivity index (χ1n) is 9.53. The normalized spacial score (nSPS) is 10.9. The molecule has 0 aliphatic carbocycles. The predicted molar refractivity (Wildman–Crippen MR) is 115 cm³/mol. The van der Waals surface area contributed by atoms with Gasteiger partial charge in [-0.15, -0.1) is 0 Å². The molecule has 3 aromatic heterocycles. The monoisotopic (exact) mass is 411 g/mol. The molecule has 2 aromatic carbocycles. The summed E-state index contributed by atoms with van der Waals surface area (Å²) in [5, 5.41) is 6.75. The molecule has 3 heterocycles. The fourth-order valence-corrected chi connectivity index (χ4v) is 3.24. The second-order valence-electron chi connectivity index (χ2n) is 6.76. The Balaban J connectivity index is 1.43. The van der Waals surface area contributed by atoms with Crippen LogP contribution >= 0.6 is 0 Å². The van der Waals surface area contributed by atoms with Gasteiger partial charge in [0.15, 0.2) is 11.5 Å². The lowest BCUT2D eigenvalue weighted by Gasteiger charge is -2.10. The number of imidazole rings is 1. The molecule has 0 bridgehead atoms. The number of fused-ring (bicyclic) bond motifs is 1. The maximum Gasteiger partial charge on any atom is 0.277 e. The lowest BCUT2D eigenvalue weighted by atomic mass is 10.1. The van der Waals surface area contributed by atoms with Gasteiger partial charge < -0.3 is 14.6 Å². The fourth-order valence-electron chi connectivity index (χ4n) is 3.24. The van der Waals surface area contributed by atoms with Crippen molar-refractivity contribution >= 4 is 17.4 Å². The molecule has 0 fully saturated rings. The van der Waals surface area contributed by atoms with Crippen LogP contribution in [0.3, 0.4) is 0 Å². The van der Waals surface area contributed by atoms with Crippen molar-refractivity contribution in [2.75, 3.05) is 12.4 Å². The predicted octanol–water partition coefficient (Wildman–Crippen LogP) is 4.31. The number of ether oxygens (including phenoxy) is 1. The van der Waals surface area contributed by atoms with E-state index < -0.39 is 5.91 Å². The second kappa shape index (κ2) is 7.75. The summed E-state index contributed by atoms with van der Waals surface area (Å²) in [6.45, 7) is 0. The minimum absolute atomic E-state index is 0.170. The van der Waals surface area contributed by atoms with Crippen LogP contribution in [0, 0.1) is 0 Å². The van der Waals surface area contributed by atoms with E-state index in [2.05, 4.69) is 20.4 Å². The van der Waals surface area contributed by atoms with E-state index in [1.807, 2.05) is 59.3 Å². The van der Waals surface area contributed by atoms with Crippen LogP contribution in [0.25, 0.3) is 28.4 Å². The minimum atomic E-state index is -0.405. The Morgan fingerprint density at radius 2 is 1.94 bits per heavy atom. The number of nitrogens with one attached hydrogen (secondary N) is 1. The fraction of sp³-hybridized carbons (Fsp3) is 0.0435. The molecular formula is C23H17N5O3. The summed E-state index contributed by atoms with van der Waals surface area (Å²) in [4.78, 5) is 21.6. The quantitative estimate of drug-likeness (QED) is 0.463. The van der Waals surface area contributed by atoms with Gasteiger partial charge in [-0.25, -0.2) is 9.97 Å². The van der Waals surface area contributed by atoms with E-state index >= 15 is 0 Å². The van der Waals surface area contributed by atoms with Gasteiger partial charge in [0.1, 0.15) is 5.75 Å². The van der Waals surface area contributed by atoms with Crippen LogP contribution in [0.15, 0.2) is 83.8 Å². The number of methoxy groups -OCH3 is 1. The SMILES string of the molecule is COc1ccc(-c2cn3cccnc3n2)cc1NC(=O)c1cc(-c2ccccc2)on1. The third-order valence-electron chi connectivity index (χ3n) is 4.78. The smallest absolute Gasteiger partial charge is 0.277 e. The topological polar surface area (TPSA) is 94.6 Å². The number of rotatable bonds is 5. The number of anilines is 1. The molecule has 0 aliphatic rings. The molecule has 0 saturated carbocycles. The van der Waals surface area contributed by atoms with Gasteiger partial charge in [-0.2, -0.15) is 0 Å². The summed E-state index contributed by atoms with van der Waals surface area (Å²) in [5.41, 5.74) is 3.05. The van der Waals surface area contributed by atoms with Crippen molar-refractivity contribution in [3.05, 3.63) is 84.9 Å². The first-order chi connectivity index (χ1) is 15.2. The lowest BCUT2D eigenvalue weighted by molar-refractivity contribution is 0.101. The summed E-state index contributed by atoms with van der Waals surface area (Å²) < 4.78 is 12.6.